The van der Waals surface area contributed by atoms with Gasteiger partial charge in [0.1, 0.15) is 6.61 Å². The van der Waals surface area contributed by atoms with E-state index in [1.54, 1.807) is 24.3 Å². The number of hydrogen-bond acceptors (Lipinski definition) is 6. The predicted octanol–water partition coefficient (Wildman–Crippen LogP) is -4.87. The van der Waals surface area contributed by atoms with Gasteiger partial charge in [0.25, 0.3) is 0 Å². The summed E-state index contributed by atoms with van der Waals surface area (Å²) in [4.78, 5) is 20.5. The first-order valence-electron chi connectivity index (χ1n) is 4.39. The molecule has 0 saturated heterocycles. The number of hydrogen-bond donors (Lipinski definition) is 3. The Balaban J connectivity index is 0. The molecular formula is C9H10BNaO7. The summed E-state index contributed by atoms with van der Waals surface area (Å²) in [7, 11) is -2.42. The molecule has 0 aliphatic heterocycles. The monoisotopic (exact) mass is 264 g/mol. The van der Waals surface area contributed by atoms with Gasteiger partial charge in [0.05, 0.1) is 0 Å². The van der Waals surface area contributed by atoms with Crippen LogP contribution in [0.15, 0.2) is 30.3 Å². The van der Waals surface area contributed by atoms with E-state index >= 15 is 0 Å². The average Bonchev–Trinajstić information content (AvgIpc) is 2.26. The Kier molecular flexibility index (Phi) is 12.1. The molecule has 0 aliphatic rings. The van der Waals surface area contributed by atoms with Crippen molar-refractivity contribution in [3.05, 3.63) is 35.9 Å². The maximum absolute atomic E-state index is 10.5. The number of carbonyl (C=O) groups is 2. The molecule has 1 aromatic rings. The van der Waals surface area contributed by atoms with Crippen LogP contribution in [0.4, 0.5) is 0 Å². The summed E-state index contributed by atoms with van der Waals surface area (Å²) < 4.78 is 4.45. The molecule has 7 nitrogen and oxygen atoms in total. The SMILES string of the molecule is O=C(O)C(=O)OCc1ccccc1.[Na+].[O-]B(O)O. The molecule has 0 aromatic heterocycles. The summed E-state index contributed by atoms with van der Waals surface area (Å²) in [6.07, 6.45) is 0. The zero-order valence-corrected chi connectivity index (χ0v) is 11.6. The van der Waals surface area contributed by atoms with E-state index in [0.29, 0.717) is 0 Å². The first-order valence-corrected chi connectivity index (χ1v) is 4.39. The van der Waals surface area contributed by atoms with Crippen molar-refractivity contribution in [1.29, 1.82) is 0 Å². The van der Waals surface area contributed by atoms with Gasteiger partial charge in [-0.05, 0) is 5.56 Å². The minimum Gasteiger partial charge on any atom is -0.832 e. The number of ether oxygens (including phenoxy) is 1. The van der Waals surface area contributed by atoms with E-state index in [-0.39, 0.29) is 36.2 Å². The molecule has 0 atom stereocenters. The van der Waals surface area contributed by atoms with Crippen LogP contribution < -0.4 is 34.6 Å². The third-order valence-electron chi connectivity index (χ3n) is 1.39. The summed E-state index contributed by atoms with van der Waals surface area (Å²) in [6, 6.07) is 8.88. The number of carboxylic acids is 1. The van der Waals surface area contributed by atoms with Crippen molar-refractivity contribution < 1.29 is 64.1 Å². The minimum atomic E-state index is -2.42. The molecule has 0 fully saturated rings. The van der Waals surface area contributed by atoms with Crippen molar-refractivity contribution in [2.24, 2.45) is 0 Å². The molecule has 0 spiro atoms. The Morgan fingerprint density at radius 1 is 1.22 bits per heavy atom. The maximum Gasteiger partial charge on any atom is 1.00 e. The van der Waals surface area contributed by atoms with Crippen LogP contribution in [0.25, 0.3) is 0 Å². The molecule has 0 heterocycles. The third kappa shape index (κ3) is 11.6. The zero-order chi connectivity index (χ0) is 13.3. The largest absolute Gasteiger partial charge is 1.00 e. The van der Waals surface area contributed by atoms with Crippen LogP contribution in [-0.2, 0) is 20.9 Å². The van der Waals surface area contributed by atoms with Crippen molar-refractivity contribution in [3.63, 3.8) is 0 Å². The number of carbonyl (C=O) groups excluding carboxylic acids is 1. The van der Waals surface area contributed by atoms with Crippen LogP contribution in [-0.4, -0.2) is 34.4 Å². The summed E-state index contributed by atoms with van der Waals surface area (Å²) in [5.74, 6) is -2.81. The van der Waals surface area contributed by atoms with Gasteiger partial charge < -0.3 is 24.9 Å². The molecule has 3 N–H and O–H groups in total. The van der Waals surface area contributed by atoms with Crippen LogP contribution >= 0.6 is 0 Å². The Morgan fingerprint density at radius 3 is 2.06 bits per heavy atom. The first-order chi connectivity index (χ1) is 7.93. The molecule has 92 valence electrons. The Bertz CT molecular complexity index is 354. The Morgan fingerprint density at radius 2 is 1.67 bits per heavy atom. The van der Waals surface area contributed by atoms with E-state index < -0.39 is 19.3 Å². The quantitative estimate of drug-likeness (QED) is 0.277. The third-order valence-corrected chi connectivity index (χ3v) is 1.39. The van der Waals surface area contributed by atoms with Gasteiger partial charge >= 0.3 is 48.8 Å². The zero-order valence-electron chi connectivity index (χ0n) is 9.65. The van der Waals surface area contributed by atoms with Gasteiger partial charge in [-0.3, -0.25) is 0 Å². The standard InChI is InChI=1S/C9H8O4.BH2O3.Na/c10-8(11)9(12)13-6-7-4-2-1-3-5-7;2-1(3)4;/h1-5H,6H2,(H,10,11);2-3H;/q;-1;+1. The second-order valence-corrected chi connectivity index (χ2v) is 2.69. The molecule has 0 saturated carbocycles. The van der Waals surface area contributed by atoms with Crippen LogP contribution in [0, 0.1) is 0 Å². The molecule has 9 heteroatoms. The van der Waals surface area contributed by atoms with Crippen LogP contribution in [0.1, 0.15) is 5.56 Å². The summed E-state index contributed by atoms with van der Waals surface area (Å²) in [5, 5.41) is 30.9. The number of esters is 1. The fraction of sp³-hybridized carbons (Fsp3) is 0.111. The topological polar surface area (TPSA) is 127 Å². The van der Waals surface area contributed by atoms with Crippen molar-refractivity contribution in [3.8, 4) is 0 Å². The van der Waals surface area contributed by atoms with Crippen molar-refractivity contribution in [2.45, 2.75) is 6.61 Å². The molecular weight excluding hydrogens is 254 g/mol. The number of rotatable bonds is 2. The molecule has 0 amide bonds. The van der Waals surface area contributed by atoms with Gasteiger partial charge in [0.2, 0.25) is 0 Å². The maximum atomic E-state index is 10.5. The average molecular weight is 264 g/mol. The number of benzene rings is 1. The smallest absolute Gasteiger partial charge is 0.832 e. The first kappa shape index (κ1) is 19.4. The Hall–Kier alpha value is -0.895. The fourth-order valence-electron chi connectivity index (χ4n) is 0.785. The number of aliphatic carboxylic acids is 1. The second-order valence-electron chi connectivity index (χ2n) is 2.69. The molecule has 0 radical (unpaired) electrons. The van der Waals surface area contributed by atoms with Crippen LogP contribution in [0.3, 0.4) is 0 Å². The summed E-state index contributed by atoms with van der Waals surface area (Å²) >= 11 is 0. The van der Waals surface area contributed by atoms with Crippen molar-refractivity contribution >= 4 is 19.3 Å². The fourth-order valence-corrected chi connectivity index (χ4v) is 0.785. The van der Waals surface area contributed by atoms with Gasteiger partial charge in [-0.1, -0.05) is 30.3 Å². The van der Waals surface area contributed by atoms with Gasteiger partial charge in [-0.25, -0.2) is 9.59 Å². The van der Waals surface area contributed by atoms with E-state index in [4.69, 9.17) is 20.2 Å². The van der Waals surface area contributed by atoms with Gasteiger partial charge in [0, 0.05) is 0 Å². The molecule has 18 heavy (non-hydrogen) atoms. The van der Waals surface area contributed by atoms with Gasteiger partial charge in [-0.2, -0.15) is 0 Å². The molecule has 1 aromatic carbocycles. The normalized spacial score (nSPS) is 8.17. The van der Waals surface area contributed by atoms with E-state index in [2.05, 4.69) is 4.74 Å². The predicted molar refractivity (Wildman–Crippen MR) is 54.1 cm³/mol. The van der Waals surface area contributed by atoms with Crippen molar-refractivity contribution in [2.75, 3.05) is 0 Å². The van der Waals surface area contributed by atoms with E-state index in [0.717, 1.165) is 5.56 Å². The van der Waals surface area contributed by atoms with Crippen molar-refractivity contribution in [1.82, 2.24) is 0 Å². The van der Waals surface area contributed by atoms with E-state index in [1.807, 2.05) is 6.07 Å². The molecule has 0 unspecified atom stereocenters. The Labute approximate surface area is 125 Å². The molecule has 1 rings (SSSR count). The molecule has 0 aliphatic carbocycles. The second kappa shape index (κ2) is 11.2. The summed E-state index contributed by atoms with van der Waals surface area (Å²) in [6.45, 7) is -0.00796. The van der Waals surface area contributed by atoms with Gasteiger partial charge in [-0.15, -0.1) is 0 Å². The van der Waals surface area contributed by atoms with E-state index in [1.165, 1.54) is 0 Å². The van der Waals surface area contributed by atoms with Crippen LogP contribution in [0.2, 0.25) is 0 Å². The molecule has 0 bridgehead atoms. The number of carboxylic acid groups (broad SMARTS) is 1. The minimum absolute atomic E-state index is 0. The van der Waals surface area contributed by atoms with Gasteiger partial charge in [0.15, 0.2) is 0 Å². The summed E-state index contributed by atoms with van der Waals surface area (Å²) in [5.41, 5.74) is 0.761. The van der Waals surface area contributed by atoms with Crippen LogP contribution in [0.5, 0.6) is 0 Å². The van der Waals surface area contributed by atoms with E-state index in [9.17, 15) is 9.59 Å².